The molecule has 0 aliphatic heterocycles. The number of methoxy groups -OCH3 is 1. The van der Waals surface area contributed by atoms with Gasteiger partial charge in [0, 0.05) is 16.8 Å². The zero-order valence-electron chi connectivity index (χ0n) is 10.6. The summed E-state index contributed by atoms with van der Waals surface area (Å²) >= 11 is 0. The monoisotopic (exact) mass is 257 g/mol. The number of nitrogen functional groups attached to an aromatic ring is 1. The summed E-state index contributed by atoms with van der Waals surface area (Å²) in [4.78, 5) is 10.8. The van der Waals surface area contributed by atoms with E-state index >= 15 is 0 Å². The highest BCUT2D eigenvalue weighted by Crippen LogP contribution is 2.25. The van der Waals surface area contributed by atoms with Gasteiger partial charge in [0.25, 0.3) is 0 Å². The maximum atomic E-state index is 10.8. The lowest BCUT2D eigenvalue weighted by molar-refractivity contribution is 0.112. The molecule has 2 aromatic rings. The molecule has 2 rings (SSSR count). The summed E-state index contributed by atoms with van der Waals surface area (Å²) in [6, 6.07) is 12.8. The normalized spacial score (nSPS) is 9.95. The molecule has 0 amide bonds. The Bertz CT molecular complexity index is 567. The lowest BCUT2D eigenvalue weighted by atomic mass is 10.1. The number of anilines is 1. The van der Waals surface area contributed by atoms with Crippen LogP contribution in [0.1, 0.15) is 15.9 Å². The van der Waals surface area contributed by atoms with E-state index in [0.717, 1.165) is 11.3 Å². The van der Waals surface area contributed by atoms with Crippen LogP contribution in [0.3, 0.4) is 0 Å². The first kappa shape index (κ1) is 13.0. The van der Waals surface area contributed by atoms with Gasteiger partial charge in [-0.3, -0.25) is 4.79 Å². The fraction of sp³-hybridized carbons (Fsp3) is 0.133. The summed E-state index contributed by atoms with van der Waals surface area (Å²) in [6.45, 7) is 0.330. The Morgan fingerprint density at radius 3 is 2.58 bits per heavy atom. The number of aldehydes is 1. The highest BCUT2D eigenvalue weighted by Gasteiger charge is 2.09. The van der Waals surface area contributed by atoms with Crippen LogP contribution in [0.4, 0.5) is 5.69 Å². The molecule has 4 heteroatoms. The second-order valence-corrected chi connectivity index (χ2v) is 4.01. The first-order valence-electron chi connectivity index (χ1n) is 5.84. The topological polar surface area (TPSA) is 61.5 Å². The fourth-order valence-corrected chi connectivity index (χ4v) is 1.74. The largest absolute Gasteiger partial charge is 0.496 e. The summed E-state index contributed by atoms with van der Waals surface area (Å²) < 4.78 is 10.9. The van der Waals surface area contributed by atoms with Crippen molar-refractivity contribution in [1.82, 2.24) is 0 Å². The van der Waals surface area contributed by atoms with Gasteiger partial charge >= 0.3 is 0 Å². The van der Waals surface area contributed by atoms with E-state index in [-0.39, 0.29) is 0 Å². The third kappa shape index (κ3) is 3.04. The number of benzene rings is 2. The average Bonchev–Trinajstić information content (AvgIpc) is 2.46. The smallest absolute Gasteiger partial charge is 0.152 e. The van der Waals surface area contributed by atoms with Gasteiger partial charge in [-0.15, -0.1) is 0 Å². The minimum atomic E-state index is 0.330. The van der Waals surface area contributed by atoms with Crippen molar-refractivity contribution in [2.45, 2.75) is 6.61 Å². The van der Waals surface area contributed by atoms with Crippen LogP contribution in [0.2, 0.25) is 0 Å². The molecule has 0 unspecified atom stereocenters. The second-order valence-electron chi connectivity index (χ2n) is 4.01. The molecule has 0 aliphatic rings. The Kier molecular flexibility index (Phi) is 4.03. The van der Waals surface area contributed by atoms with Crippen molar-refractivity contribution < 1.29 is 14.3 Å². The Labute approximate surface area is 111 Å². The van der Waals surface area contributed by atoms with E-state index in [2.05, 4.69) is 0 Å². The molecule has 2 aromatic carbocycles. The van der Waals surface area contributed by atoms with Gasteiger partial charge in [-0.05, 0) is 24.3 Å². The molecule has 0 fully saturated rings. The van der Waals surface area contributed by atoms with E-state index in [1.165, 1.54) is 0 Å². The Balaban J connectivity index is 2.20. The van der Waals surface area contributed by atoms with Crippen molar-refractivity contribution in [3.63, 3.8) is 0 Å². The number of rotatable bonds is 5. The van der Waals surface area contributed by atoms with Crippen LogP contribution < -0.4 is 15.2 Å². The predicted molar refractivity (Wildman–Crippen MR) is 73.6 cm³/mol. The SMILES string of the molecule is COc1cc(C=O)c(N)cc1COc1ccccc1. The molecule has 0 saturated carbocycles. The lowest BCUT2D eigenvalue weighted by Gasteiger charge is -2.12. The minimum Gasteiger partial charge on any atom is -0.496 e. The van der Waals surface area contributed by atoms with Gasteiger partial charge in [0.1, 0.15) is 18.1 Å². The number of nitrogens with two attached hydrogens (primary N) is 1. The van der Waals surface area contributed by atoms with Crippen molar-refractivity contribution >= 4 is 12.0 Å². The second kappa shape index (κ2) is 5.91. The van der Waals surface area contributed by atoms with Crippen LogP contribution >= 0.6 is 0 Å². The maximum absolute atomic E-state index is 10.8. The van der Waals surface area contributed by atoms with Crippen molar-refractivity contribution in [1.29, 1.82) is 0 Å². The zero-order valence-corrected chi connectivity index (χ0v) is 10.6. The van der Waals surface area contributed by atoms with Crippen LogP contribution in [0.25, 0.3) is 0 Å². The van der Waals surface area contributed by atoms with E-state index in [9.17, 15) is 4.79 Å². The van der Waals surface area contributed by atoms with E-state index in [0.29, 0.717) is 29.9 Å². The summed E-state index contributed by atoms with van der Waals surface area (Å²) in [5.74, 6) is 1.36. The van der Waals surface area contributed by atoms with E-state index < -0.39 is 0 Å². The third-order valence-corrected chi connectivity index (χ3v) is 2.75. The van der Waals surface area contributed by atoms with Gasteiger partial charge in [0.15, 0.2) is 6.29 Å². The first-order valence-corrected chi connectivity index (χ1v) is 5.84. The molecule has 19 heavy (non-hydrogen) atoms. The average molecular weight is 257 g/mol. The van der Waals surface area contributed by atoms with Crippen molar-refractivity contribution in [2.75, 3.05) is 12.8 Å². The van der Waals surface area contributed by atoms with Crippen LogP contribution in [-0.4, -0.2) is 13.4 Å². The maximum Gasteiger partial charge on any atom is 0.152 e. The fourth-order valence-electron chi connectivity index (χ4n) is 1.74. The van der Waals surface area contributed by atoms with Crippen LogP contribution in [0, 0.1) is 0 Å². The van der Waals surface area contributed by atoms with E-state index in [1.54, 1.807) is 19.2 Å². The number of ether oxygens (including phenoxy) is 2. The summed E-state index contributed by atoms with van der Waals surface area (Å²) in [6.07, 6.45) is 0.708. The van der Waals surface area contributed by atoms with Gasteiger partial charge in [-0.25, -0.2) is 0 Å². The molecule has 0 heterocycles. The van der Waals surface area contributed by atoms with Crippen molar-refractivity contribution in [2.24, 2.45) is 0 Å². The quantitative estimate of drug-likeness (QED) is 0.660. The highest BCUT2D eigenvalue weighted by atomic mass is 16.5. The summed E-state index contributed by atoms with van der Waals surface area (Å²) in [7, 11) is 1.55. The highest BCUT2D eigenvalue weighted by molar-refractivity contribution is 5.84. The molecule has 2 N–H and O–H groups in total. The van der Waals surface area contributed by atoms with Gasteiger partial charge in [0.05, 0.1) is 7.11 Å². The molecular weight excluding hydrogens is 242 g/mol. The van der Waals surface area contributed by atoms with Gasteiger partial charge in [-0.1, -0.05) is 18.2 Å². The van der Waals surface area contributed by atoms with E-state index in [4.69, 9.17) is 15.2 Å². The first-order chi connectivity index (χ1) is 9.24. The summed E-state index contributed by atoms with van der Waals surface area (Å²) in [5, 5.41) is 0. The van der Waals surface area contributed by atoms with Crippen LogP contribution in [-0.2, 0) is 6.61 Å². The molecule has 0 atom stereocenters. The number of carbonyl (C=O) groups is 1. The van der Waals surface area contributed by atoms with Gasteiger partial charge < -0.3 is 15.2 Å². The Morgan fingerprint density at radius 1 is 1.21 bits per heavy atom. The standard InChI is InChI=1S/C15H15NO3/c1-18-15-8-11(9-17)14(16)7-12(15)10-19-13-5-3-2-4-6-13/h2-9H,10,16H2,1H3. The molecule has 0 saturated heterocycles. The third-order valence-electron chi connectivity index (χ3n) is 2.75. The van der Waals surface area contributed by atoms with E-state index in [1.807, 2.05) is 30.3 Å². The van der Waals surface area contributed by atoms with Gasteiger partial charge in [-0.2, -0.15) is 0 Å². The zero-order chi connectivity index (χ0) is 13.7. The number of carbonyl (C=O) groups excluding carboxylic acids is 1. The molecule has 0 bridgehead atoms. The molecule has 0 spiro atoms. The van der Waals surface area contributed by atoms with Crippen molar-refractivity contribution in [3.05, 3.63) is 53.6 Å². The number of hydrogen-bond acceptors (Lipinski definition) is 4. The van der Waals surface area contributed by atoms with Gasteiger partial charge in [0.2, 0.25) is 0 Å². The summed E-state index contributed by atoms with van der Waals surface area (Å²) in [5.41, 5.74) is 7.42. The lowest BCUT2D eigenvalue weighted by Crippen LogP contribution is -2.02. The number of hydrogen-bond donors (Lipinski definition) is 1. The molecular formula is C15H15NO3. The predicted octanol–water partition coefficient (Wildman–Crippen LogP) is 2.67. The molecule has 98 valence electrons. The van der Waals surface area contributed by atoms with Crippen molar-refractivity contribution in [3.8, 4) is 11.5 Å². The molecule has 0 aromatic heterocycles. The van der Waals surface area contributed by atoms with Crippen LogP contribution in [0.5, 0.6) is 11.5 Å². The van der Waals surface area contributed by atoms with Crippen LogP contribution in [0.15, 0.2) is 42.5 Å². The Hall–Kier alpha value is -2.49. The Morgan fingerprint density at radius 2 is 1.95 bits per heavy atom. The molecule has 0 radical (unpaired) electrons. The minimum absolute atomic E-state index is 0.330. The molecule has 4 nitrogen and oxygen atoms in total. The molecule has 0 aliphatic carbocycles. The number of para-hydroxylation sites is 1.